The molecule has 0 radical (unpaired) electrons. The molecule has 5 nitrogen and oxygen atoms in total. The zero-order valence-corrected chi connectivity index (χ0v) is 13.0. The van der Waals surface area contributed by atoms with Gasteiger partial charge in [0, 0.05) is 26.7 Å². The topological polar surface area (TPSA) is 57.6 Å². The molecule has 5 heteroatoms. The van der Waals surface area contributed by atoms with Crippen LogP contribution in [0.4, 0.5) is 5.69 Å². The minimum atomic E-state index is -0.491. The smallest absolute Gasteiger partial charge is 0.0947 e. The fourth-order valence-electron chi connectivity index (χ4n) is 2.20. The second-order valence-corrected chi connectivity index (χ2v) is 4.95. The lowest BCUT2D eigenvalue weighted by Gasteiger charge is -2.23. The summed E-state index contributed by atoms with van der Waals surface area (Å²) in [6.45, 7) is 6.05. The molecule has 1 aromatic rings. The van der Waals surface area contributed by atoms with E-state index in [9.17, 15) is 5.11 Å². The summed E-state index contributed by atoms with van der Waals surface area (Å²) < 4.78 is 4.93. The van der Waals surface area contributed by atoms with E-state index in [2.05, 4.69) is 24.1 Å². The predicted molar refractivity (Wildman–Crippen MR) is 82.1 cm³/mol. The lowest BCUT2D eigenvalue weighted by atomic mass is 10.1. The molecule has 0 amide bonds. The number of methoxy groups -OCH3 is 1. The third kappa shape index (κ3) is 5.07. The number of hydrogen-bond donors (Lipinski definition) is 2. The summed E-state index contributed by atoms with van der Waals surface area (Å²) in [5, 5.41) is 13.1. The van der Waals surface area contributed by atoms with Gasteiger partial charge in [-0.3, -0.25) is 4.98 Å². The van der Waals surface area contributed by atoms with Gasteiger partial charge < -0.3 is 20.1 Å². The molecule has 0 bridgehead atoms. The first-order valence-corrected chi connectivity index (χ1v) is 7.19. The highest BCUT2D eigenvalue weighted by Crippen LogP contribution is 2.18. The number of aliphatic hydroxyl groups excluding tert-OH is 1. The molecule has 0 saturated heterocycles. The Morgan fingerprint density at radius 1 is 1.40 bits per heavy atom. The van der Waals surface area contributed by atoms with Crippen molar-refractivity contribution in [3.05, 3.63) is 24.0 Å². The number of anilines is 1. The molecular weight excluding hydrogens is 254 g/mol. The molecular formula is C15H27N3O2. The van der Waals surface area contributed by atoms with Crippen LogP contribution >= 0.6 is 0 Å². The number of pyridine rings is 1. The van der Waals surface area contributed by atoms with Gasteiger partial charge in [-0.05, 0) is 25.1 Å². The largest absolute Gasteiger partial charge is 0.389 e. The molecule has 0 spiro atoms. The van der Waals surface area contributed by atoms with Gasteiger partial charge in [0.25, 0.3) is 0 Å². The van der Waals surface area contributed by atoms with Gasteiger partial charge in [-0.2, -0.15) is 0 Å². The Balaban J connectivity index is 2.65. The van der Waals surface area contributed by atoms with Gasteiger partial charge >= 0.3 is 0 Å². The number of likely N-dealkylation sites (N-methyl/N-ethyl adjacent to an activating group) is 1. The summed E-state index contributed by atoms with van der Waals surface area (Å²) in [5.74, 6) is 0. The van der Waals surface area contributed by atoms with Gasteiger partial charge in [0.05, 0.1) is 30.3 Å². The van der Waals surface area contributed by atoms with E-state index >= 15 is 0 Å². The van der Waals surface area contributed by atoms with Crippen LogP contribution in [0.25, 0.3) is 0 Å². The van der Waals surface area contributed by atoms with Crippen molar-refractivity contribution >= 4 is 5.69 Å². The third-order valence-electron chi connectivity index (χ3n) is 3.27. The van der Waals surface area contributed by atoms with Crippen molar-refractivity contribution in [3.63, 3.8) is 0 Å². The highest BCUT2D eigenvalue weighted by molar-refractivity contribution is 5.44. The van der Waals surface area contributed by atoms with Gasteiger partial charge in [0.1, 0.15) is 0 Å². The first-order chi connectivity index (χ1) is 9.62. The Morgan fingerprint density at radius 2 is 2.15 bits per heavy atom. The number of ether oxygens (including phenoxy) is 1. The fourth-order valence-corrected chi connectivity index (χ4v) is 2.20. The van der Waals surface area contributed by atoms with Gasteiger partial charge in [-0.25, -0.2) is 0 Å². The molecule has 20 heavy (non-hydrogen) atoms. The predicted octanol–water partition coefficient (Wildman–Crippen LogP) is 1.59. The van der Waals surface area contributed by atoms with Gasteiger partial charge in [0.2, 0.25) is 0 Å². The molecule has 0 aliphatic rings. The number of nitrogens with zero attached hydrogens (tertiary/aromatic N) is 2. The van der Waals surface area contributed by atoms with Crippen molar-refractivity contribution in [2.75, 3.05) is 38.8 Å². The van der Waals surface area contributed by atoms with Crippen molar-refractivity contribution in [3.8, 4) is 0 Å². The summed E-state index contributed by atoms with van der Waals surface area (Å²) in [4.78, 5) is 6.51. The monoisotopic (exact) mass is 281 g/mol. The Kier molecular flexibility index (Phi) is 7.51. The maximum atomic E-state index is 9.73. The molecule has 0 aliphatic carbocycles. The zero-order chi connectivity index (χ0) is 15.0. The maximum absolute atomic E-state index is 9.73. The molecule has 2 atom stereocenters. The van der Waals surface area contributed by atoms with E-state index in [1.807, 2.05) is 30.3 Å². The van der Waals surface area contributed by atoms with E-state index in [4.69, 9.17) is 4.74 Å². The maximum Gasteiger partial charge on any atom is 0.0947 e. The number of aliphatic hydroxyl groups is 1. The van der Waals surface area contributed by atoms with Crippen LogP contribution in [0.1, 0.15) is 32.0 Å². The van der Waals surface area contributed by atoms with E-state index < -0.39 is 6.10 Å². The van der Waals surface area contributed by atoms with E-state index in [1.165, 1.54) is 0 Å². The van der Waals surface area contributed by atoms with E-state index in [0.29, 0.717) is 19.2 Å². The van der Waals surface area contributed by atoms with Crippen LogP contribution in [0.3, 0.4) is 0 Å². The summed E-state index contributed by atoms with van der Waals surface area (Å²) in [6, 6.07) is 4.39. The number of nitrogens with one attached hydrogen (secondary N) is 1. The second kappa shape index (κ2) is 8.89. The van der Waals surface area contributed by atoms with Gasteiger partial charge in [-0.1, -0.05) is 13.8 Å². The Labute approximate surface area is 122 Å². The highest BCUT2D eigenvalue weighted by atomic mass is 16.5. The summed E-state index contributed by atoms with van der Waals surface area (Å²) in [7, 11) is 3.53. The van der Waals surface area contributed by atoms with Crippen molar-refractivity contribution in [2.45, 2.75) is 32.4 Å². The van der Waals surface area contributed by atoms with E-state index in [-0.39, 0.29) is 0 Å². The van der Waals surface area contributed by atoms with Gasteiger partial charge in [-0.15, -0.1) is 0 Å². The quantitative estimate of drug-likeness (QED) is 0.720. The molecule has 114 valence electrons. The SMILES string of the molecule is CCNC(CC)c1ccc(N(C)CC(O)COC)cn1. The second-order valence-electron chi connectivity index (χ2n) is 4.95. The van der Waals surface area contributed by atoms with Crippen LogP contribution in [0, 0.1) is 0 Å². The average Bonchev–Trinajstić information content (AvgIpc) is 2.45. The number of hydrogen-bond acceptors (Lipinski definition) is 5. The molecule has 0 aliphatic heterocycles. The summed E-state index contributed by atoms with van der Waals surface area (Å²) in [6.07, 6.45) is 2.38. The lowest BCUT2D eigenvalue weighted by molar-refractivity contribution is 0.0695. The van der Waals surface area contributed by atoms with Crippen molar-refractivity contribution in [1.82, 2.24) is 10.3 Å². The molecule has 1 heterocycles. The van der Waals surface area contributed by atoms with Crippen LogP contribution in [0.15, 0.2) is 18.3 Å². The van der Waals surface area contributed by atoms with Crippen LogP contribution in [0.2, 0.25) is 0 Å². The van der Waals surface area contributed by atoms with E-state index in [0.717, 1.165) is 24.3 Å². The van der Waals surface area contributed by atoms with Crippen LogP contribution < -0.4 is 10.2 Å². The standard InChI is InChI=1S/C15H27N3O2/c1-5-14(16-6-2)15-8-7-12(9-17-15)18(3)10-13(19)11-20-4/h7-9,13-14,16,19H,5-6,10-11H2,1-4H3. The fraction of sp³-hybridized carbons (Fsp3) is 0.667. The lowest BCUT2D eigenvalue weighted by Crippen LogP contribution is -2.32. The molecule has 2 N–H and O–H groups in total. The molecule has 2 unspecified atom stereocenters. The van der Waals surface area contributed by atoms with Gasteiger partial charge in [0.15, 0.2) is 0 Å². The summed E-state index contributed by atoms with van der Waals surface area (Å²) in [5.41, 5.74) is 2.05. The molecule has 0 fully saturated rings. The van der Waals surface area contributed by atoms with Crippen LogP contribution in [0.5, 0.6) is 0 Å². The first-order valence-electron chi connectivity index (χ1n) is 7.19. The first kappa shape index (κ1) is 16.9. The number of rotatable bonds is 9. The zero-order valence-electron chi connectivity index (χ0n) is 13.0. The Hall–Kier alpha value is -1.17. The number of aromatic nitrogens is 1. The molecule has 0 saturated carbocycles. The minimum absolute atomic E-state index is 0.304. The Bertz CT molecular complexity index is 370. The average molecular weight is 281 g/mol. The third-order valence-corrected chi connectivity index (χ3v) is 3.27. The van der Waals surface area contributed by atoms with E-state index in [1.54, 1.807) is 7.11 Å². The summed E-state index contributed by atoms with van der Waals surface area (Å²) >= 11 is 0. The normalized spacial score (nSPS) is 14.1. The van der Waals surface area contributed by atoms with Crippen LogP contribution in [-0.4, -0.2) is 50.0 Å². The van der Waals surface area contributed by atoms with Crippen molar-refractivity contribution < 1.29 is 9.84 Å². The molecule has 1 aromatic heterocycles. The van der Waals surface area contributed by atoms with Crippen molar-refractivity contribution in [1.29, 1.82) is 0 Å². The van der Waals surface area contributed by atoms with Crippen LogP contribution in [-0.2, 0) is 4.74 Å². The Morgan fingerprint density at radius 3 is 2.65 bits per heavy atom. The molecule has 0 aromatic carbocycles. The highest BCUT2D eigenvalue weighted by Gasteiger charge is 2.11. The minimum Gasteiger partial charge on any atom is -0.389 e. The molecule has 1 rings (SSSR count). The van der Waals surface area contributed by atoms with Crippen molar-refractivity contribution in [2.24, 2.45) is 0 Å².